The van der Waals surface area contributed by atoms with Crippen LogP contribution in [0.2, 0.25) is 0 Å². The molecule has 0 spiro atoms. The monoisotopic (exact) mass is 276 g/mol. The Labute approximate surface area is 121 Å². The summed E-state index contributed by atoms with van der Waals surface area (Å²) in [6.07, 6.45) is 0. The van der Waals surface area contributed by atoms with Gasteiger partial charge in [-0.2, -0.15) is 5.26 Å². The normalized spacial score (nSPS) is 10.2. The average molecular weight is 276 g/mol. The second kappa shape index (κ2) is 5.02. The lowest BCUT2D eigenvalue weighted by atomic mass is 10.1. The molecule has 0 fully saturated rings. The van der Waals surface area contributed by atoms with Crippen molar-refractivity contribution >= 4 is 22.6 Å². The van der Waals surface area contributed by atoms with Gasteiger partial charge in [0.15, 0.2) is 5.96 Å². The molecule has 5 nitrogen and oxygen atoms in total. The van der Waals surface area contributed by atoms with Crippen LogP contribution in [0.4, 0.5) is 5.69 Å². The maximum Gasteiger partial charge on any atom is 0.191 e. The largest absolute Gasteiger partial charge is 0.456 e. The molecule has 3 rings (SSSR count). The molecule has 0 aliphatic carbocycles. The Bertz CT molecular complexity index is 865. The van der Waals surface area contributed by atoms with Gasteiger partial charge in [0.2, 0.25) is 0 Å². The van der Waals surface area contributed by atoms with Gasteiger partial charge in [0.25, 0.3) is 0 Å². The van der Waals surface area contributed by atoms with Crippen molar-refractivity contribution in [3.8, 4) is 17.4 Å². The molecule has 0 saturated carbocycles. The Hall–Kier alpha value is -3.26. The summed E-state index contributed by atoms with van der Waals surface area (Å²) in [4.78, 5) is 3.97. The molecule has 0 aliphatic heterocycles. The molecule has 0 unspecified atom stereocenters. The van der Waals surface area contributed by atoms with Gasteiger partial charge < -0.3 is 15.9 Å². The van der Waals surface area contributed by atoms with E-state index in [-0.39, 0.29) is 5.96 Å². The van der Waals surface area contributed by atoms with Gasteiger partial charge in [-0.25, -0.2) is 4.99 Å². The van der Waals surface area contributed by atoms with Gasteiger partial charge in [0.1, 0.15) is 11.3 Å². The number of hydrogen-bond donors (Lipinski definition) is 2. The van der Waals surface area contributed by atoms with Gasteiger partial charge in [0.05, 0.1) is 17.3 Å². The molecule has 0 bridgehead atoms. The van der Waals surface area contributed by atoms with Gasteiger partial charge in [-0.15, -0.1) is 0 Å². The minimum Gasteiger partial charge on any atom is -0.456 e. The van der Waals surface area contributed by atoms with Gasteiger partial charge in [0, 0.05) is 10.9 Å². The number of rotatable bonds is 2. The Balaban J connectivity index is 2.00. The quantitative estimate of drug-likeness (QED) is 0.555. The Morgan fingerprint density at radius 1 is 1.05 bits per heavy atom. The summed E-state index contributed by atoms with van der Waals surface area (Å²) in [6.45, 7) is 0. The number of guanidine groups is 1. The van der Waals surface area contributed by atoms with Crippen molar-refractivity contribution < 1.29 is 4.42 Å². The third-order valence-corrected chi connectivity index (χ3v) is 3.06. The van der Waals surface area contributed by atoms with Gasteiger partial charge in [-0.1, -0.05) is 0 Å². The number of hydrogen-bond acceptors (Lipinski definition) is 3. The Morgan fingerprint density at radius 3 is 2.48 bits per heavy atom. The van der Waals surface area contributed by atoms with Crippen LogP contribution in [0.5, 0.6) is 0 Å². The summed E-state index contributed by atoms with van der Waals surface area (Å²) >= 11 is 0. The Kier molecular flexibility index (Phi) is 3.05. The number of aliphatic imine (C=N–C) groups is 1. The zero-order chi connectivity index (χ0) is 14.8. The van der Waals surface area contributed by atoms with E-state index >= 15 is 0 Å². The molecular formula is C16H12N4O. The van der Waals surface area contributed by atoms with Crippen LogP contribution < -0.4 is 11.5 Å². The lowest BCUT2D eigenvalue weighted by Crippen LogP contribution is -2.21. The lowest BCUT2D eigenvalue weighted by Gasteiger charge is -1.98. The van der Waals surface area contributed by atoms with E-state index in [2.05, 4.69) is 11.1 Å². The predicted molar refractivity (Wildman–Crippen MR) is 81.8 cm³/mol. The lowest BCUT2D eigenvalue weighted by molar-refractivity contribution is 0.631. The van der Waals surface area contributed by atoms with Crippen LogP contribution in [0.1, 0.15) is 5.56 Å². The van der Waals surface area contributed by atoms with Crippen molar-refractivity contribution in [2.75, 3.05) is 0 Å². The van der Waals surface area contributed by atoms with E-state index in [0.717, 1.165) is 22.3 Å². The first-order chi connectivity index (χ1) is 10.2. The molecule has 0 amide bonds. The fourth-order valence-electron chi connectivity index (χ4n) is 2.10. The molecule has 0 radical (unpaired) electrons. The summed E-state index contributed by atoms with van der Waals surface area (Å²) in [7, 11) is 0. The van der Waals surface area contributed by atoms with Gasteiger partial charge in [-0.05, 0) is 48.5 Å². The number of furan rings is 1. The third kappa shape index (κ3) is 2.55. The van der Waals surface area contributed by atoms with E-state index in [1.165, 1.54) is 0 Å². The zero-order valence-corrected chi connectivity index (χ0v) is 11.1. The average Bonchev–Trinajstić information content (AvgIpc) is 2.90. The van der Waals surface area contributed by atoms with Crippen molar-refractivity contribution in [3.05, 3.63) is 54.1 Å². The number of nitrogens with two attached hydrogens (primary N) is 2. The molecule has 1 aromatic heterocycles. The van der Waals surface area contributed by atoms with E-state index in [1.807, 2.05) is 30.3 Å². The van der Waals surface area contributed by atoms with E-state index in [9.17, 15) is 0 Å². The van der Waals surface area contributed by atoms with E-state index < -0.39 is 0 Å². The van der Waals surface area contributed by atoms with Crippen LogP contribution >= 0.6 is 0 Å². The predicted octanol–water partition coefficient (Wildman–Crippen LogP) is 2.88. The molecule has 0 saturated heterocycles. The summed E-state index contributed by atoms with van der Waals surface area (Å²) < 4.78 is 5.78. The molecule has 1 heterocycles. The van der Waals surface area contributed by atoms with Crippen LogP contribution in [-0.4, -0.2) is 5.96 Å². The maximum absolute atomic E-state index is 8.91. The smallest absolute Gasteiger partial charge is 0.191 e. The highest BCUT2D eigenvalue weighted by atomic mass is 16.3. The fourth-order valence-corrected chi connectivity index (χ4v) is 2.10. The van der Waals surface area contributed by atoms with E-state index in [1.54, 1.807) is 18.2 Å². The number of fused-ring (bicyclic) bond motifs is 1. The van der Waals surface area contributed by atoms with Crippen LogP contribution in [0, 0.1) is 11.3 Å². The topological polar surface area (TPSA) is 101 Å². The molecule has 5 heteroatoms. The van der Waals surface area contributed by atoms with Crippen molar-refractivity contribution in [1.82, 2.24) is 0 Å². The van der Waals surface area contributed by atoms with E-state index in [0.29, 0.717) is 11.3 Å². The fraction of sp³-hybridized carbons (Fsp3) is 0. The first-order valence-electron chi connectivity index (χ1n) is 6.29. The molecule has 102 valence electrons. The molecule has 0 aliphatic rings. The minimum absolute atomic E-state index is 0.0236. The minimum atomic E-state index is 0.0236. The second-order valence-electron chi connectivity index (χ2n) is 4.56. The third-order valence-electron chi connectivity index (χ3n) is 3.06. The maximum atomic E-state index is 8.91. The summed E-state index contributed by atoms with van der Waals surface area (Å²) in [5.74, 6) is 0.756. The highest BCUT2D eigenvalue weighted by molar-refractivity contribution is 5.84. The number of nitriles is 1. The Morgan fingerprint density at radius 2 is 1.81 bits per heavy atom. The van der Waals surface area contributed by atoms with E-state index in [4.69, 9.17) is 21.1 Å². The number of benzene rings is 2. The molecule has 21 heavy (non-hydrogen) atoms. The van der Waals surface area contributed by atoms with Crippen LogP contribution in [-0.2, 0) is 0 Å². The number of nitrogens with zero attached hydrogens (tertiary/aromatic N) is 2. The van der Waals surface area contributed by atoms with Crippen LogP contribution in [0.15, 0.2) is 57.9 Å². The molecule has 0 atom stereocenters. The summed E-state index contributed by atoms with van der Waals surface area (Å²) in [6, 6.07) is 16.7. The van der Waals surface area contributed by atoms with Crippen molar-refractivity contribution in [1.29, 1.82) is 5.26 Å². The second-order valence-corrected chi connectivity index (χ2v) is 4.56. The molecule has 2 aromatic carbocycles. The van der Waals surface area contributed by atoms with Crippen LogP contribution in [0.3, 0.4) is 0 Å². The first kappa shape index (κ1) is 12.8. The van der Waals surface area contributed by atoms with Crippen molar-refractivity contribution in [2.24, 2.45) is 16.5 Å². The van der Waals surface area contributed by atoms with Gasteiger partial charge >= 0.3 is 0 Å². The molecule has 3 aromatic rings. The zero-order valence-electron chi connectivity index (χ0n) is 11.1. The van der Waals surface area contributed by atoms with Crippen molar-refractivity contribution in [3.63, 3.8) is 0 Å². The van der Waals surface area contributed by atoms with Gasteiger partial charge in [-0.3, -0.25) is 0 Å². The first-order valence-corrected chi connectivity index (χ1v) is 6.29. The molecule has 4 N–H and O–H groups in total. The highest BCUT2D eigenvalue weighted by Crippen LogP contribution is 2.29. The molecular weight excluding hydrogens is 264 g/mol. The summed E-state index contributed by atoms with van der Waals surface area (Å²) in [5, 5.41) is 9.81. The SMILES string of the molecule is N#Cc1ccc2oc(-c3ccc(N=C(N)N)cc3)cc2c1. The van der Waals surface area contributed by atoms with Crippen LogP contribution in [0.25, 0.3) is 22.3 Å². The van der Waals surface area contributed by atoms with Crippen molar-refractivity contribution in [2.45, 2.75) is 0 Å². The standard InChI is InChI=1S/C16H12N4O/c17-9-10-1-6-14-12(7-10)8-15(21-14)11-2-4-13(5-3-11)20-16(18)19/h1-8H,(H4,18,19,20). The summed E-state index contributed by atoms with van der Waals surface area (Å²) in [5.41, 5.74) is 13.6. The highest BCUT2D eigenvalue weighted by Gasteiger charge is 2.07.